The first kappa shape index (κ1) is 24.8. The lowest BCUT2D eigenvalue weighted by Crippen LogP contribution is -2.36. The quantitative estimate of drug-likeness (QED) is 0.290. The van der Waals surface area contributed by atoms with E-state index in [4.69, 9.17) is 14.3 Å². The fourth-order valence-corrected chi connectivity index (χ4v) is 3.95. The second-order valence-corrected chi connectivity index (χ2v) is 8.85. The number of carboxylic acids is 1. The number of nitrogens with zero attached hydrogens (tertiary/aromatic N) is 1. The number of carbonyl (C=O) groups is 2. The van der Waals surface area contributed by atoms with Crippen molar-refractivity contribution in [2.75, 3.05) is 0 Å². The van der Waals surface area contributed by atoms with Gasteiger partial charge in [-0.3, -0.25) is 9.59 Å². The van der Waals surface area contributed by atoms with Gasteiger partial charge in [0.1, 0.15) is 18.1 Å². The second-order valence-electron chi connectivity index (χ2n) is 8.85. The average molecular weight is 484 g/mol. The van der Waals surface area contributed by atoms with Crippen LogP contribution in [0.25, 0.3) is 11.3 Å². The second kappa shape index (κ2) is 11.4. The lowest BCUT2D eigenvalue weighted by Gasteiger charge is -2.28. The minimum atomic E-state index is -0.865. The Kier molecular flexibility index (Phi) is 7.85. The summed E-state index contributed by atoms with van der Waals surface area (Å²) < 4.78 is 11.4. The summed E-state index contributed by atoms with van der Waals surface area (Å²) >= 11 is 0. The van der Waals surface area contributed by atoms with Crippen LogP contribution in [0.1, 0.15) is 40.9 Å². The monoisotopic (exact) mass is 483 g/mol. The maximum atomic E-state index is 13.4. The molecule has 184 valence electrons. The zero-order valence-corrected chi connectivity index (χ0v) is 20.4. The van der Waals surface area contributed by atoms with Crippen molar-refractivity contribution >= 4 is 11.9 Å². The van der Waals surface area contributed by atoms with E-state index in [1.165, 1.54) is 0 Å². The third-order valence-electron chi connectivity index (χ3n) is 5.95. The molecule has 36 heavy (non-hydrogen) atoms. The highest BCUT2D eigenvalue weighted by atomic mass is 16.5. The topological polar surface area (TPSA) is 80.0 Å². The van der Waals surface area contributed by atoms with Crippen LogP contribution < -0.4 is 4.74 Å². The Morgan fingerprint density at radius 2 is 1.58 bits per heavy atom. The molecule has 0 aliphatic carbocycles. The van der Waals surface area contributed by atoms with E-state index in [9.17, 15) is 9.59 Å². The van der Waals surface area contributed by atoms with E-state index in [0.717, 1.165) is 28.0 Å². The summed E-state index contributed by atoms with van der Waals surface area (Å²) in [6.45, 7) is 4.81. The van der Waals surface area contributed by atoms with Gasteiger partial charge in [0.15, 0.2) is 0 Å². The number of furan rings is 1. The molecule has 0 unspecified atom stereocenters. The molecular formula is C30H29NO5. The van der Waals surface area contributed by atoms with Crippen LogP contribution in [0.3, 0.4) is 0 Å². The van der Waals surface area contributed by atoms with Crippen LogP contribution in [-0.2, 0) is 24.4 Å². The van der Waals surface area contributed by atoms with Gasteiger partial charge in [0, 0.05) is 23.7 Å². The highest BCUT2D eigenvalue weighted by molar-refractivity contribution is 5.94. The van der Waals surface area contributed by atoms with Gasteiger partial charge >= 0.3 is 5.97 Å². The van der Waals surface area contributed by atoms with Crippen molar-refractivity contribution in [2.45, 2.75) is 39.5 Å². The van der Waals surface area contributed by atoms with E-state index >= 15 is 0 Å². The smallest absolute Gasteiger partial charge is 0.307 e. The first-order chi connectivity index (χ1) is 17.4. The van der Waals surface area contributed by atoms with Gasteiger partial charge in [0.25, 0.3) is 5.91 Å². The number of ether oxygens (including phenoxy) is 1. The van der Waals surface area contributed by atoms with Crippen molar-refractivity contribution in [3.8, 4) is 17.1 Å². The van der Waals surface area contributed by atoms with E-state index in [1.807, 2.05) is 79.4 Å². The summed E-state index contributed by atoms with van der Waals surface area (Å²) in [5.41, 5.74) is 4.26. The maximum absolute atomic E-state index is 13.4. The number of hydrogen-bond donors (Lipinski definition) is 1. The lowest BCUT2D eigenvalue weighted by atomic mass is 10.0. The fourth-order valence-electron chi connectivity index (χ4n) is 3.95. The summed E-state index contributed by atoms with van der Waals surface area (Å²) in [6, 6.07) is 26.2. The standard InChI is InChI=1S/C30H29NO5/c1-21(2)31(30(34)24-13-11-23(12-14-24)28-8-5-17-35-28)19-25-6-3-4-7-26(25)20-36-27-15-9-22(10-16-27)18-29(32)33/h3-17,21H,18-20H2,1-2H3,(H,32,33). The molecule has 0 aliphatic rings. The van der Waals surface area contributed by atoms with Crippen LogP contribution in [0.4, 0.5) is 0 Å². The summed E-state index contributed by atoms with van der Waals surface area (Å²) in [4.78, 5) is 26.1. The van der Waals surface area contributed by atoms with Crippen LogP contribution in [0, 0.1) is 0 Å². The van der Waals surface area contributed by atoms with E-state index in [2.05, 4.69) is 0 Å². The predicted molar refractivity (Wildman–Crippen MR) is 138 cm³/mol. The Balaban J connectivity index is 1.46. The van der Waals surface area contributed by atoms with Crippen molar-refractivity contribution in [3.63, 3.8) is 0 Å². The molecule has 0 saturated heterocycles. The third-order valence-corrected chi connectivity index (χ3v) is 5.95. The molecule has 0 atom stereocenters. The zero-order valence-electron chi connectivity index (χ0n) is 20.4. The first-order valence-corrected chi connectivity index (χ1v) is 11.9. The SMILES string of the molecule is CC(C)N(Cc1ccccc1COc1ccc(CC(=O)O)cc1)C(=O)c1ccc(-c2ccco2)cc1. The first-order valence-electron chi connectivity index (χ1n) is 11.9. The Hall–Kier alpha value is -4.32. The van der Waals surface area contributed by atoms with Crippen molar-refractivity contribution in [1.82, 2.24) is 4.90 Å². The molecule has 3 aromatic carbocycles. The third kappa shape index (κ3) is 6.21. The van der Waals surface area contributed by atoms with Gasteiger partial charge < -0.3 is 19.2 Å². The molecule has 6 heteroatoms. The Labute approximate surface area is 210 Å². The minimum Gasteiger partial charge on any atom is -0.489 e. The number of carboxylic acid groups (broad SMARTS) is 1. The van der Waals surface area contributed by atoms with E-state index < -0.39 is 5.97 Å². The predicted octanol–water partition coefficient (Wildman–Crippen LogP) is 6.20. The van der Waals surface area contributed by atoms with Gasteiger partial charge in [0.2, 0.25) is 0 Å². The Bertz CT molecular complexity index is 1290. The average Bonchev–Trinajstić information content (AvgIpc) is 3.42. The van der Waals surface area contributed by atoms with Crippen molar-refractivity contribution in [3.05, 3.63) is 113 Å². The molecule has 6 nitrogen and oxygen atoms in total. The molecule has 1 amide bonds. The van der Waals surface area contributed by atoms with Crippen LogP contribution in [-0.4, -0.2) is 27.9 Å². The number of benzene rings is 3. The number of rotatable bonds is 10. The van der Waals surface area contributed by atoms with Crippen LogP contribution in [0.15, 0.2) is 95.6 Å². The number of aliphatic carboxylic acids is 1. The molecular weight excluding hydrogens is 454 g/mol. The molecule has 0 saturated carbocycles. The van der Waals surface area contributed by atoms with Gasteiger partial charge in [0.05, 0.1) is 12.7 Å². The Morgan fingerprint density at radius 1 is 0.889 bits per heavy atom. The summed E-state index contributed by atoms with van der Waals surface area (Å²) in [5.74, 6) is 0.517. The maximum Gasteiger partial charge on any atom is 0.307 e. The number of amides is 1. The Morgan fingerprint density at radius 3 is 2.19 bits per heavy atom. The van der Waals surface area contributed by atoms with E-state index in [1.54, 1.807) is 30.5 Å². The largest absolute Gasteiger partial charge is 0.489 e. The van der Waals surface area contributed by atoms with Gasteiger partial charge in [-0.1, -0.05) is 48.5 Å². The fraction of sp³-hybridized carbons (Fsp3) is 0.200. The van der Waals surface area contributed by atoms with Gasteiger partial charge in [-0.15, -0.1) is 0 Å². The molecule has 1 N–H and O–H groups in total. The van der Waals surface area contributed by atoms with Crippen LogP contribution in [0.5, 0.6) is 5.75 Å². The molecule has 0 fully saturated rings. The van der Waals surface area contributed by atoms with Crippen molar-refractivity contribution in [1.29, 1.82) is 0 Å². The molecule has 0 spiro atoms. The highest BCUT2D eigenvalue weighted by Gasteiger charge is 2.20. The molecule has 4 aromatic rings. The van der Waals surface area contributed by atoms with Gasteiger partial charge in [-0.2, -0.15) is 0 Å². The molecule has 0 aliphatic heterocycles. The lowest BCUT2D eigenvalue weighted by molar-refractivity contribution is -0.136. The van der Waals surface area contributed by atoms with E-state index in [0.29, 0.717) is 24.5 Å². The van der Waals surface area contributed by atoms with Crippen molar-refractivity contribution < 1.29 is 23.8 Å². The van der Waals surface area contributed by atoms with Crippen molar-refractivity contribution in [2.24, 2.45) is 0 Å². The molecule has 0 bridgehead atoms. The molecule has 0 radical (unpaired) electrons. The summed E-state index contributed by atoms with van der Waals surface area (Å²) in [7, 11) is 0. The van der Waals surface area contributed by atoms with Gasteiger partial charge in [-0.05, 0) is 66.9 Å². The van der Waals surface area contributed by atoms with Crippen LogP contribution in [0.2, 0.25) is 0 Å². The summed E-state index contributed by atoms with van der Waals surface area (Å²) in [6.07, 6.45) is 1.61. The highest BCUT2D eigenvalue weighted by Crippen LogP contribution is 2.23. The van der Waals surface area contributed by atoms with E-state index in [-0.39, 0.29) is 18.4 Å². The summed E-state index contributed by atoms with van der Waals surface area (Å²) in [5, 5.41) is 8.93. The van der Waals surface area contributed by atoms with Gasteiger partial charge in [-0.25, -0.2) is 0 Å². The number of carbonyl (C=O) groups excluding carboxylic acids is 1. The minimum absolute atomic E-state index is 0.00185. The normalized spacial score (nSPS) is 10.9. The molecule has 1 heterocycles. The van der Waals surface area contributed by atoms with Crippen LogP contribution >= 0.6 is 0 Å². The molecule has 4 rings (SSSR count). The zero-order chi connectivity index (χ0) is 25.5. The molecule has 1 aromatic heterocycles. The number of hydrogen-bond acceptors (Lipinski definition) is 4.